The van der Waals surface area contributed by atoms with Crippen LogP contribution in [0.3, 0.4) is 0 Å². The first-order valence-corrected chi connectivity index (χ1v) is 6.06. The Morgan fingerprint density at radius 3 is 2.20 bits per heavy atom. The van der Waals surface area contributed by atoms with Crippen LogP contribution in [0.15, 0.2) is 0 Å². The van der Waals surface area contributed by atoms with Crippen LogP contribution in [-0.4, -0.2) is 16.2 Å². The van der Waals surface area contributed by atoms with E-state index in [4.69, 9.17) is 4.43 Å². The minimum Gasteiger partial charge on any atom is -0.420 e. The first-order valence-electron chi connectivity index (χ1n) is 4.23. The lowest BCUT2D eigenvalue weighted by Crippen LogP contribution is -2.14. The third-order valence-corrected chi connectivity index (χ3v) is 4.17. The maximum Gasteiger partial charge on any atom is 0.210 e. The second-order valence-electron chi connectivity index (χ2n) is 2.60. The molecule has 0 bridgehead atoms. The Morgan fingerprint density at radius 2 is 1.80 bits per heavy atom. The van der Waals surface area contributed by atoms with Gasteiger partial charge in [0.25, 0.3) is 0 Å². The molecule has 0 aromatic carbocycles. The van der Waals surface area contributed by atoms with Crippen LogP contribution < -0.4 is 0 Å². The monoisotopic (exact) mass is 159 g/mol. The SMILES string of the molecule is CCCC[Si](CCC)OC. The molecule has 0 aliphatic heterocycles. The first-order chi connectivity index (χ1) is 4.85. The molecule has 0 fully saturated rings. The topological polar surface area (TPSA) is 9.23 Å². The van der Waals surface area contributed by atoms with E-state index < -0.39 is 9.04 Å². The maximum atomic E-state index is 5.39. The molecule has 0 saturated heterocycles. The standard InChI is InChI=1S/C8H19OSi/c1-4-6-8-10(9-3)7-5-2/h4-8H2,1-3H3. The largest absolute Gasteiger partial charge is 0.420 e. The van der Waals surface area contributed by atoms with E-state index >= 15 is 0 Å². The van der Waals surface area contributed by atoms with Crippen LogP contribution in [0.25, 0.3) is 0 Å². The van der Waals surface area contributed by atoms with Crippen LogP contribution in [-0.2, 0) is 4.43 Å². The van der Waals surface area contributed by atoms with Gasteiger partial charge in [0.05, 0.1) is 0 Å². The molecule has 0 aromatic rings. The molecule has 0 unspecified atom stereocenters. The highest BCUT2D eigenvalue weighted by atomic mass is 28.3. The van der Waals surface area contributed by atoms with Crippen LogP contribution >= 0.6 is 0 Å². The average molecular weight is 159 g/mol. The fourth-order valence-electron chi connectivity index (χ4n) is 0.982. The van der Waals surface area contributed by atoms with Crippen molar-refractivity contribution in [3.8, 4) is 0 Å². The molecule has 61 valence electrons. The molecule has 0 aliphatic rings. The van der Waals surface area contributed by atoms with E-state index in [2.05, 4.69) is 13.8 Å². The van der Waals surface area contributed by atoms with Crippen molar-refractivity contribution in [2.45, 2.75) is 45.2 Å². The fourth-order valence-corrected chi connectivity index (χ4v) is 2.95. The van der Waals surface area contributed by atoms with E-state index in [1.807, 2.05) is 7.11 Å². The predicted octanol–water partition coefficient (Wildman–Crippen LogP) is 2.83. The minimum absolute atomic E-state index is 0.398. The van der Waals surface area contributed by atoms with Crippen LogP contribution in [0.4, 0.5) is 0 Å². The van der Waals surface area contributed by atoms with Crippen molar-refractivity contribution in [1.82, 2.24) is 0 Å². The molecule has 2 heteroatoms. The highest BCUT2D eigenvalue weighted by Crippen LogP contribution is 2.07. The summed E-state index contributed by atoms with van der Waals surface area (Å²) < 4.78 is 5.39. The molecule has 0 N–H and O–H groups in total. The van der Waals surface area contributed by atoms with E-state index in [0.29, 0.717) is 0 Å². The van der Waals surface area contributed by atoms with E-state index in [-0.39, 0.29) is 0 Å². The molecule has 0 saturated carbocycles. The summed E-state index contributed by atoms with van der Waals surface area (Å²) in [6.07, 6.45) is 3.94. The normalized spacial score (nSPS) is 10.8. The van der Waals surface area contributed by atoms with Crippen LogP contribution in [0, 0.1) is 0 Å². The van der Waals surface area contributed by atoms with Crippen molar-refractivity contribution in [1.29, 1.82) is 0 Å². The smallest absolute Gasteiger partial charge is 0.210 e. The maximum absolute atomic E-state index is 5.39. The molecule has 0 rings (SSSR count). The summed E-state index contributed by atoms with van der Waals surface area (Å²) in [5.41, 5.74) is 0. The Labute approximate surface area is 66.5 Å². The highest BCUT2D eigenvalue weighted by molar-refractivity contribution is 6.51. The Hall–Kier alpha value is 0.177. The second-order valence-corrected chi connectivity index (χ2v) is 5.08. The summed E-state index contributed by atoms with van der Waals surface area (Å²) in [6, 6.07) is 2.66. The summed E-state index contributed by atoms with van der Waals surface area (Å²) in [7, 11) is 1.46. The summed E-state index contributed by atoms with van der Waals surface area (Å²) >= 11 is 0. The minimum atomic E-state index is -0.398. The molecule has 0 aliphatic carbocycles. The van der Waals surface area contributed by atoms with Gasteiger partial charge in [0, 0.05) is 7.11 Å². The van der Waals surface area contributed by atoms with Crippen LogP contribution in [0.5, 0.6) is 0 Å². The Kier molecular flexibility index (Phi) is 7.41. The Balaban J connectivity index is 3.21. The van der Waals surface area contributed by atoms with Gasteiger partial charge in [-0.1, -0.05) is 33.1 Å². The molecule has 0 aromatic heterocycles. The van der Waals surface area contributed by atoms with Gasteiger partial charge in [-0.2, -0.15) is 0 Å². The zero-order valence-electron chi connectivity index (χ0n) is 7.44. The Morgan fingerprint density at radius 1 is 1.10 bits per heavy atom. The quantitative estimate of drug-likeness (QED) is 0.542. The highest BCUT2D eigenvalue weighted by Gasteiger charge is 2.07. The zero-order valence-corrected chi connectivity index (χ0v) is 8.44. The third kappa shape index (κ3) is 5.00. The van der Waals surface area contributed by atoms with Gasteiger partial charge in [0.1, 0.15) is 0 Å². The van der Waals surface area contributed by atoms with Crippen LogP contribution in [0.2, 0.25) is 12.1 Å². The second kappa shape index (κ2) is 7.29. The third-order valence-electron chi connectivity index (χ3n) is 1.63. The lowest BCUT2D eigenvalue weighted by Gasteiger charge is -2.09. The van der Waals surface area contributed by atoms with Crippen molar-refractivity contribution in [2.75, 3.05) is 7.11 Å². The van der Waals surface area contributed by atoms with Crippen molar-refractivity contribution < 1.29 is 4.43 Å². The average Bonchev–Trinajstić information content (AvgIpc) is 1.98. The van der Waals surface area contributed by atoms with Gasteiger partial charge in [-0.3, -0.25) is 0 Å². The van der Waals surface area contributed by atoms with Crippen molar-refractivity contribution in [3.63, 3.8) is 0 Å². The number of hydrogen-bond acceptors (Lipinski definition) is 1. The summed E-state index contributed by atoms with van der Waals surface area (Å²) in [5.74, 6) is 0. The molecule has 0 heterocycles. The van der Waals surface area contributed by atoms with Gasteiger partial charge >= 0.3 is 0 Å². The molecule has 0 atom stereocenters. The molecular formula is C8H19OSi. The van der Waals surface area contributed by atoms with Gasteiger partial charge in [0.15, 0.2) is 0 Å². The summed E-state index contributed by atoms with van der Waals surface area (Å²) in [6.45, 7) is 4.47. The van der Waals surface area contributed by atoms with Gasteiger partial charge in [0.2, 0.25) is 9.04 Å². The zero-order chi connectivity index (χ0) is 7.82. The predicted molar refractivity (Wildman–Crippen MR) is 47.6 cm³/mol. The van der Waals surface area contributed by atoms with Crippen LogP contribution in [0.1, 0.15) is 33.1 Å². The number of unbranched alkanes of at least 4 members (excludes halogenated alkanes) is 1. The molecule has 0 amide bonds. The lowest BCUT2D eigenvalue weighted by molar-refractivity contribution is 0.415. The van der Waals surface area contributed by atoms with Gasteiger partial charge in [-0.25, -0.2) is 0 Å². The Bertz CT molecular complexity index is 66.3. The van der Waals surface area contributed by atoms with Gasteiger partial charge in [-0.05, 0) is 12.1 Å². The van der Waals surface area contributed by atoms with Crippen molar-refractivity contribution in [2.24, 2.45) is 0 Å². The molecule has 1 radical (unpaired) electrons. The number of hydrogen-bond donors (Lipinski definition) is 0. The lowest BCUT2D eigenvalue weighted by atomic mass is 10.4. The van der Waals surface area contributed by atoms with Gasteiger partial charge in [-0.15, -0.1) is 0 Å². The molecule has 10 heavy (non-hydrogen) atoms. The van der Waals surface area contributed by atoms with E-state index in [1.165, 1.54) is 31.4 Å². The molecular weight excluding hydrogens is 140 g/mol. The molecule has 0 spiro atoms. The molecule has 1 nitrogen and oxygen atoms in total. The van der Waals surface area contributed by atoms with Gasteiger partial charge < -0.3 is 4.43 Å². The van der Waals surface area contributed by atoms with Crippen molar-refractivity contribution in [3.05, 3.63) is 0 Å². The summed E-state index contributed by atoms with van der Waals surface area (Å²) in [5, 5.41) is 0. The fraction of sp³-hybridized carbons (Fsp3) is 1.00. The van der Waals surface area contributed by atoms with Crippen molar-refractivity contribution >= 4 is 9.04 Å². The van der Waals surface area contributed by atoms with E-state index in [0.717, 1.165) is 0 Å². The number of rotatable bonds is 6. The van der Waals surface area contributed by atoms with E-state index in [9.17, 15) is 0 Å². The first kappa shape index (κ1) is 10.2. The summed E-state index contributed by atoms with van der Waals surface area (Å²) in [4.78, 5) is 0. The van der Waals surface area contributed by atoms with E-state index in [1.54, 1.807) is 0 Å².